The van der Waals surface area contributed by atoms with Crippen LogP contribution in [0.25, 0.3) is 0 Å². The Bertz CT molecular complexity index is 614. The number of benzene rings is 1. The van der Waals surface area contributed by atoms with Crippen molar-refractivity contribution >= 4 is 11.6 Å². The summed E-state index contributed by atoms with van der Waals surface area (Å²) in [5, 5.41) is 2.58. The van der Waals surface area contributed by atoms with E-state index < -0.39 is 23.2 Å². The van der Waals surface area contributed by atoms with E-state index in [9.17, 15) is 18.0 Å². The highest BCUT2D eigenvalue weighted by atomic mass is 19.4. The van der Waals surface area contributed by atoms with Crippen molar-refractivity contribution < 1.29 is 27.4 Å². The van der Waals surface area contributed by atoms with Crippen LogP contribution in [-0.2, 0) is 15.7 Å². The summed E-state index contributed by atoms with van der Waals surface area (Å²) in [5.74, 6) is -0.565. The highest BCUT2D eigenvalue weighted by molar-refractivity contribution is 5.97. The topological polar surface area (TPSA) is 47.6 Å². The first-order valence-electron chi connectivity index (χ1n) is 8.51. The van der Waals surface area contributed by atoms with Crippen molar-refractivity contribution in [3.05, 3.63) is 23.8 Å². The first-order chi connectivity index (χ1) is 11.7. The van der Waals surface area contributed by atoms with Gasteiger partial charge in [-0.05, 0) is 57.2 Å². The van der Waals surface area contributed by atoms with Gasteiger partial charge in [0.15, 0.2) is 0 Å². The standard InChI is InChI=1S/C18H24F3NO3/c1-4-10-25-17(3,12-6-7-12)16(23)22-13-8-9-15(24-5-2)14(11-13)18(19,20)21/h8-9,11-12H,4-7,10H2,1-3H3,(H,22,23). The molecule has 1 aromatic rings. The van der Waals surface area contributed by atoms with Gasteiger partial charge in [-0.1, -0.05) is 6.92 Å². The summed E-state index contributed by atoms with van der Waals surface area (Å²) in [5.41, 5.74) is -1.85. The quantitative estimate of drug-likeness (QED) is 0.736. The molecule has 1 unspecified atom stereocenters. The average Bonchev–Trinajstić information content (AvgIpc) is 3.38. The maximum atomic E-state index is 13.2. The second kappa shape index (κ2) is 7.64. The highest BCUT2D eigenvalue weighted by Gasteiger charge is 2.48. The van der Waals surface area contributed by atoms with Crippen LogP contribution in [0, 0.1) is 5.92 Å². The Kier molecular flexibility index (Phi) is 5.98. The Labute approximate surface area is 145 Å². The van der Waals surface area contributed by atoms with E-state index in [1.54, 1.807) is 13.8 Å². The fourth-order valence-electron chi connectivity index (χ4n) is 2.68. The lowest BCUT2D eigenvalue weighted by molar-refractivity contribution is -0.142. The fourth-order valence-corrected chi connectivity index (χ4v) is 2.68. The van der Waals surface area contributed by atoms with E-state index >= 15 is 0 Å². The van der Waals surface area contributed by atoms with Crippen molar-refractivity contribution in [2.24, 2.45) is 5.92 Å². The molecule has 1 N–H and O–H groups in total. The van der Waals surface area contributed by atoms with Crippen LogP contribution in [0.15, 0.2) is 18.2 Å². The Hall–Kier alpha value is -1.76. The Morgan fingerprint density at radius 3 is 2.48 bits per heavy atom. The van der Waals surface area contributed by atoms with Gasteiger partial charge in [-0.2, -0.15) is 13.2 Å². The number of amides is 1. The van der Waals surface area contributed by atoms with E-state index in [-0.39, 0.29) is 24.0 Å². The van der Waals surface area contributed by atoms with Crippen molar-refractivity contribution in [3.8, 4) is 5.75 Å². The van der Waals surface area contributed by atoms with E-state index in [1.165, 1.54) is 12.1 Å². The summed E-state index contributed by atoms with van der Waals surface area (Å²) in [4.78, 5) is 12.6. The number of rotatable bonds is 8. The molecule has 0 saturated heterocycles. The van der Waals surface area contributed by atoms with E-state index in [1.807, 2.05) is 6.92 Å². The summed E-state index contributed by atoms with van der Waals surface area (Å²) in [6, 6.07) is 3.53. The maximum absolute atomic E-state index is 13.2. The van der Waals surface area contributed by atoms with Crippen LogP contribution in [0.2, 0.25) is 0 Å². The van der Waals surface area contributed by atoms with Crippen LogP contribution >= 0.6 is 0 Å². The number of halogens is 3. The molecule has 1 aliphatic carbocycles. The minimum Gasteiger partial charge on any atom is -0.493 e. The third kappa shape index (κ3) is 4.66. The second-order valence-corrected chi connectivity index (χ2v) is 6.33. The molecule has 0 radical (unpaired) electrons. The molecule has 1 amide bonds. The molecule has 1 atom stereocenters. The number of alkyl halides is 3. The molecule has 0 bridgehead atoms. The number of carbonyl (C=O) groups excluding carboxylic acids is 1. The van der Waals surface area contributed by atoms with Gasteiger partial charge in [-0.25, -0.2) is 0 Å². The molecule has 25 heavy (non-hydrogen) atoms. The van der Waals surface area contributed by atoms with E-state index in [2.05, 4.69) is 5.32 Å². The molecule has 4 nitrogen and oxygen atoms in total. The van der Waals surface area contributed by atoms with Gasteiger partial charge in [0.25, 0.3) is 5.91 Å². The first-order valence-corrected chi connectivity index (χ1v) is 8.51. The van der Waals surface area contributed by atoms with Gasteiger partial charge in [0.05, 0.1) is 12.2 Å². The van der Waals surface area contributed by atoms with Crippen molar-refractivity contribution in [2.75, 3.05) is 18.5 Å². The van der Waals surface area contributed by atoms with Crippen molar-refractivity contribution in [3.63, 3.8) is 0 Å². The van der Waals surface area contributed by atoms with Crippen molar-refractivity contribution in [1.29, 1.82) is 0 Å². The molecule has 1 saturated carbocycles. The zero-order chi connectivity index (χ0) is 18.7. The van der Waals surface area contributed by atoms with Crippen LogP contribution in [0.4, 0.5) is 18.9 Å². The molecule has 0 heterocycles. The zero-order valence-corrected chi connectivity index (χ0v) is 14.7. The van der Waals surface area contributed by atoms with Gasteiger partial charge in [0.1, 0.15) is 11.4 Å². The minimum absolute atomic E-state index is 0.0766. The minimum atomic E-state index is -4.57. The van der Waals surface area contributed by atoms with Crippen molar-refractivity contribution in [1.82, 2.24) is 0 Å². The van der Waals surface area contributed by atoms with Crippen LogP contribution in [0.3, 0.4) is 0 Å². The lowest BCUT2D eigenvalue weighted by atomic mass is 9.98. The summed E-state index contributed by atoms with van der Waals surface area (Å²) in [6.07, 6.45) is -2.05. The number of ether oxygens (including phenoxy) is 2. The molecule has 0 spiro atoms. The van der Waals surface area contributed by atoms with Gasteiger partial charge in [0.2, 0.25) is 0 Å². The van der Waals surface area contributed by atoms with E-state index in [0.29, 0.717) is 6.61 Å². The SMILES string of the molecule is CCCOC(C)(C(=O)Nc1ccc(OCC)c(C(F)(F)F)c1)C1CC1. The molecule has 7 heteroatoms. The molecule has 0 aliphatic heterocycles. The van der Waals surface area contributed by atoms with Crippen LogP contribution in [-0.4, -0.2) is 24.7 Å². The Balaban J connectivity index is 2.22. The molecule has 2 rings (SSSR count). The average molecular weight is 359 g/mol. The van der Waals surface area contributed by atoms with E-state index in [4.69, 9.17) is 9.47 Å². The summed E-state index contributed by atoms with van der Waals surface area (Å²) < 4.78 is 50.4. The largest absolute Gasteiger partial charge is 0.493 e. The monoisotopic (exact) mass is 359 g/mol. The van der Waals surface area contributed by atoms with Crippen LogP contribution in [0.5, 0.6) is 5.75 Å². The number of carbonyl (C=O) groups is 1. The van der Waals surface area contributed by atoms with Crippen molar-refractivity contribution in [2.45, 2.75) is 51.8 Å². The molecule has 1 aromatic carbocycles. The molecule has 0 aromatic heterocycles. The summed E-state index contributed by atoms with van der Waals surface area (Å²) in [6.45, 7) is 5.81. The molecule has 1 aliphatic rings. The smallest absolute Gasteiger partial charge is 0.420 e. The summed E-state index contributed by atoms with van der Waals surface area (Å²) >= 11 is 0. The zero-order valence-electron chi connectivity index (χ0n) is 14.7. The Morgan fingerprint density at radius 1 is 1.28 bits per heavy atom. The normalized spacial score (nSPS) is 17.0. The van der Waals surface area contributed by atoms with Gasteiger partial charge in [-0.15, -0.1) is 0 Å². The maximum Gasteiger partial charge on any atom is 0.420 e. The Morgan fingerprint density at radius 2 is 1.96 bits per heavy atom. The molecule has 1 fully saturated rings. The van der Waals surface area contributed by atoms with Crippen LogP contribution < -0.4 is 10.1 Å². The third-order valence-corrected chi connectivity index (χ3v) is 4.26. The predicted molar refractivity (Wildman–Crippen MR) is 88.6 cm³/mol. The number of nitrogens with one attached hydrogen (secondary N) is 1. The number of hydrogen-bond donors (Lipinski definition) is 1. The van der Waals surface area contributed by atoms with Gasteiger partial charge in [-0.3, -0.25) is 4.79 Å². The van der Waals surface area contributed by atoms with Crippen LogP contribution in [0.1, 0.15) is 45.6 Å². The number of hydrogen-bond acceptors (Lipinski definition) is 3. The highest BCUT2D eigenvalue weighted by Crippen LogP contribution is 2.43. The molecule has 140 valence electrons. The second-order valence-electron chi connectivity index (χ2n) is 6.33. The van der Waals surface area contributed by atoms with Gasteiger partial charge >= 0.3 is 6.18 Å². The predicted octanol–water partition coefficient (Wildman–Crippen LogP) is 4.64. The van der Waals surface area contributed by atoms with Gasteiger partial charge in [0, 0.05) is 12.3 Å². The summed E-state index contributed by atoms with van der Waals surface area (Å²) in [7, 11) is 0. The third-order valence-electron chi connectivity index (χ3n) is 4.26. The number of anilines is 1. The van der Waals surface area contributed by atoms with E-state index in [0.717, 1.165) is 25.3 Å². The molecular formula is C18H24F3NO3. The lowest BCUT2D eigenvalue weighted by Crippen LogP contribution is -2.45. The lowest BCUT2D eigenvalue weighted by Gasteiger charge is -2.29. The first kappa shape index (κ1) is 19.6. The van der Waals surface area contributed by atoms with Gasteiger partial charge < -0.3 is 14.8 Å². The molecular weight excluding hydrogens is 335 g/mol. The fraction of sp³-hybridized carbons (Fsp3) is 0.611.